The van der Waals surface area contributed by atoms with Crippen molar-refractivity contribution in [3.8, 4) is 0 Å². The van der Waals surface area contributed by atoms with Gasteiger partial charge in [0.1, 0.15) is 0 Å². The highest BCUT2D eigenvalue weighted by Crippen LogP contribution is 2.22. The number of carbonyl (C=O) groups is 2. The molecule has 0 bridgehead atoms. The quantitative estimate of drug-likeness (QED) is 0.682. The summed E-state index contributed by atoms with van der Waals surface area (Å²) in [6.07, 6.45) is 3.38. The predicted octanol–water partition coefficient (Wildman–Crippen LogP) is -0.588. The van der Waals surface area contributed by atoms with Crippen LogP contribution in [0.15, 0.2) is 0 Å². The van der Waals surface area contributed by atoms with Crippen LogP contribution >= 0.6 is 0 Å². The van der Waals surface area contributed by atoms with Crippen LogP contribution in [0, 0.1) is 5.92 Å². The van der Waals surface area contributed by atoms with Crippen molar-refractivity contribution in [2.45, 2.75) is 31.7 Å². The van der Waals surface area contributed by atoms with Gasteiger partial charge in [-0.3, -0.25) is 9.59 Å². The molecule has 24 heavy (non-hydrogen) atoms. The largest absolute Gasteiger partial charge is 0.383 e. The summed E-state index contributed by atoms with van der Waals surface area (Å²) in [5.41, 5.74) is 0. The zero-order valence-corrected chi connectivity index (χ0v) is 15.2. The molecule has 2 heterocycles. The molecule has 2 rings (SSSR count). The average Bonchev–Trinajstić information content (AvgIpc) is 2.53. The van der Waals surface area contributed by atoms with Gasteiger partial charge in [0.05, 0.1) is 18.8 Å². The molecule has 2 fully saturated rings. The van der Waals surface area contributed by atoms with Crippen molar-refractivity contribution in [1.29, 1.82) is 0 Å². The molecule has 138 valence electrons. The number of hydrogen-bond acceptors (Lipinski definition) is 5. The highest BCUT2D eigenvalue weighted by atomic mass is 32.2. The Morgan fingerprint density at radius 2 is 1.96 bits per heavy atom. The van der Waals surface area contributed by atoms with E-state index in [9.17, 15) is 18.0 Å². The third kappa shape index (κ3) is 5.42. The lowest BCUT2D eigenvalue weighted by Gasteiger charge is -2.37. The maximum absolute atomic E-state index is 12.7. The smallest absolute Gasteiger partial charge is 0.227 e. The molecule has 1 unspecified atom stereocenters. The number of nitrogens with zero attached hydrogens (tertiary/aromatic N) is 2. The molecule has 0 aromatic rings. The van der Waals surface area contributed by atoms with Crippen molar-refractivity contribution >= 4 is 21.8 Å². The zero-order valence-electron chi connectivity index (χ0n) is 14.4. The maximum atomic E-state index is 12.7. The van der Waals surface area contributed by atoms with Gasteiger partial charge in [0.2, 0.25) is 21.8 Å². The molecule has 0 radical (unpaired) electrons. The lowest BCUT2D eigenvalue weighted by atomic mass is 9.94. The molecule has 2 aliphatic rings. The van der Waals surface area contributed by atoms with Crippen LogP contribution in [0.2, 0.25) is 0 Å². The number of amides is 2. The Kier molecular flexibility index (Phi) is 6.59. The molecule has 0 aromatic carbocycles. The summed E-state index contributed by atoms with van der Waals surface area (Å²) >= 11 is 0. The van der Waals surface area contributed by atoms with Crippen LogP contribution < -0.4 is 4.72 Å². The van der Waals surface area contributed by atoms with Gasteiger partial charge in [0.15, 0.2) is 0 Å². The van der Waals surface area contributed by atoms with Crippen LogP contribution in [0.25, 0.3) is 0 Å². The lowest BCUT2D eigenvalue weighted by Crippen LogP contribution is -2.51. The fourth-order valence-electron chi connectivity index (χ4n) is 3.31. The van der Waals surface area contributed by atoms with Gasteiger partial charge < -0.3 is 14.5 Å². The first kappa shape index (κ1) is 19.1. The number of nitrogens with one attached hydrogen (secondary N) is 1. The van der Waals surface area contributed by atoms with E-state index in [-0.39, 0.29) is 23.8 Å². The molecular weight excluding hydrogens is 334 g/mol. The Morgan fingerprint density at radius 3 is 2.54 bits per heavy atom. The van der Waals surface area contributed by atoms with E-state index in [2.05, 4.69) is 4.72 Å². The van der Waals surface area contributed by atoms with E-state index in [0.717, 1.165) is 6.26 Å². The molecule has 0 aliphatic carbocycles. The monoisotopic (exact) mass is 361 g/mol. The first-order valence-corrected chi connectivity index (χ1v) is 10.2. The summed E-state index contributed by atoms with van der Waals surface area (Å²) in [5.74, 6) is -0.0196. The summed E-state index contributed by atoms with van der Waals surface area (Å²) in [7, 11) is -1.62. The SMILES string of the molecule is COCCN1CC(C(=O)N2CCC(NS(C)(=O)=O)CC2)CCC1=O. The van der Waals surface area contributed by atoms with Crippen molar-refractivity contribution in [3.05, 3.63) is 0 Å². The van der Waals surface area contributed by atoms with Crippen LogP contribution in [0.1, 0.15) is 25.7 Å². The summed E-state index contributed by atoms with van der Waals surface area (Å²) in [5, 5.41) is 0. The van der Waals surface area contributed by atoms with Gasteiger partial charge in [-0.15, -0.1) is 0 Å². The summed E-state index contributed by atoms with van der Waals surface area (Å²) in [6, 6.07) is -0.102. The van der Waals surface area contributed by atoms with Crippen LogP contribution in [0.5, 0.6) is 0 Å². The topological polar surface area (TPSA) is 96.0 Å². The summed E-state index contributed by atoms with van der Waals surface area (Å²) in [4.78, 5) is 28.1. The van der Waals surface area contributed by atoms with Gasteiger partial charge in [-0.05, 0) is 19.3 Å². The fraction of sp³-hybridized carbons (Fsp3) is 0.867. The Balaban J connectivity index is 1.85. The van der Waals surface area contributed by atoms with Crippen LogP contribution in [-0.2, 0) is 24.3 Å². The Hall–Kier alpha value is -1.19. The lowest BCUT2D eigenvalue weighted by molar-refractivity contribution is -0.144. The van der Waals surface area contributed by atoms with E-state index in [1.165, 1.54) is 0 Å². The van der Waals surface area contributed by atoms with Crippen molar-refractivity contribution in [2.24, 2.45) is 5.92 Å². The van der Waals surface area contributed by atoms with E-state index in [4.69, 9.17) is 4.74 Å². The molecule has 0 spiro atoms. The minimum Gasteiger partial charge on any atom is -0.383 e. The van der Waals surface area contributed by atoms with Crippen molar-refractivity contribution in [2.75, 3.05) is 46.2 Å². The van der Waals surface area contributed by atoms with Gasteiger partial charge in [-0.2, -0.15) is 0 Å². The number of carbonyl (C=O) groups excluding carboxylic acids is 2. The Labute approximate surface area is 143 Å². The van der Waals surface area contributed by atoms with Gasteiger partial charge >= 0.3 is 0 Å². The highest BCUT2D eigenvalue weighted by Gasteiger charge is 2.34. The normalized spacial score (nSPS) is 23.6. The molecular formula is C15H27N3O5S. The Morgan fingerprint density at radius 1 is 1.29 bits per heavy atom. The van der Waals surface area contributed by atoms with Gasteiger partial charge in [0.25, 0.3) is 0 Å². The number of rotatable bonds is 6. The molecule has 1 N–H and O–H groups in total. The molecule has 1 atom stereocenters. The summed E-state index contributed by atoms with van der Waals surface area (Å²) in [6.45, 7) is 2.53. The minimum atomic E-state index is -3.21. The number of piperidine rings is 2. The van der Waals surface area contributed by atoms with Crippen molar-refractivity contribution in [1.82, 2.24) is 14.5 Å². The predicted molar refractivity (Wildman–Crippen MR) is 88.8 cm³/mol. The molecule has 2 aliphatic heterocycles. The third-order valence-corrected chi connectivity index (χ3v) is 5.36. The third-order valence-electron chi connectivity index (χ3n) is 4.60. The number of ether oxygens (including phenoxy) is 1. The zero-order chi connectivity index (χ0) is 17.7. The van der Waals surface area contributed by atoms with E-state index in [0.29, 0.717) is 58.5 Å². The van der Waals surface area contributed by atoms with E-state index >= 15 is 0 Å². The molecule has 0 aromatic heterocycles. The number of methoxy groups -OCH3 is 1. The van der Waals surface area contributed by atoms with E-state index in [1.54, 1.807) is 16.9 Å². The number of hydrogen-bond donors (Lipinski definition) is 1. The first-order valence-electron chi connectivity index (χ1n) is 8.33. The second kappa shape index (κ2) is 8.26. The highest BCUT2D eigenvalue weighted by molar-refractivity contribution is 7.88. The molecule has 2 saturated heterocycles. The summed E-state index contributed by atoms with van der Waals surface area (Å²) < 4.78 is 30.2. The van der Waals surface area contributed by atoms with Gasteiger partial charge in [-0.25, -0.2) is 13.1 Å². The minimum absolute atomic E-state index is 0.0720. The average molecular weight is 361 g/mol. The molecule has 9 heteroatoms. The van der Waals surface area contributed by atoms with Crippen molar-refractivity contribution in [3.63, 3.8) is 0 Å². The second-order valence-electron chi connectivity index (χ2n) is 6.56. The maximum Gasteiger partial charge on any atom is 0.227 e. The fourth-order valence-corrected chi connectivity index (χ4v) is 4.15. The standard InChI is InChI=1S/C15H27N3O5S/c1-23-10-9-18-11-12(3-4-14(18)19)15(20)17-7-5-13(6-8-17)16-24(2,21)22/h12-13,16H,3-11H2,1-2H3. The first-order chi connectivity index (χ1) is 11.3. The van der Waals surface area contributed by atoms with Crippen LogP contribution in [-0.4, -0.2) is 82.2 Å². The van der Waals surface area contributed by atoms with Crippen LogP contribution in [0.3, 0.4) is 0 Å². The number of sulfonamides is 1. The van der Waals surface area contributed by atoms with Crippen LogP contribution in [0.4, 0.5) is 0 Å². The second-order valence-corrected chi connectivity index (χ2v) is 8.34. The number of likely N-dealkylation sites (tertiary alicyclic amines) is 2. The van der Waals surface area contributed by atoms with Crippen molar-refractivity contribution < 1.29 is 22.7 Å². The Bertz CT molecular complexity index is 557. The molecule has 2 amide bonds. The van der Waals surface area contributed by atoms with E-state index in [1.807, 2.05) is 0 Å². The molecule has 0 saturated carbocycles. The van der Waals surface area contributed by atoms with Gasteiger partial charge in [-0.1, -0.05) is 0 Å². The molecule has 8 nitrogen and oxygen atoms in total. The van der Waals surface area contributed by atoms with E-state index < -0.39 is 10.0 Å². The van der Waals surface area contributed by atoms with Gasteiger partial charge in [0, 0.05) is 45.8 Å².